The Balaban J connectivity index is 1.45. The summed E-state index contributed by atoms with van der Waals surface area (Å²) in [6.45, 7) is 11.3. The smallest absolute Gasteiger partial charge is 0.245 e. The Morgan fingerprint density at radius 1 is 1.26 bits per heavy atom. The van der Waals surface area contributed by atoms with Gasteiger partial charge >= 0.3 is 0 Å². The zero-order chi connectivity index (χ0) is 27.0. The highest BCUT2D eigenvalue weighted by atomic mass is 35.5. The maximum atomic E-state index is 11.9. The van der Waals surface area contributed by atoms with Gasteiger partial charge < -0.3 is 19.9 Å². The predicted molar refractivity (Wildman–Crippen MR) is 151 cm³/mol. The molecule has 2 aromatic heterocycles. The summed E-state index contributed by atoms with van der Waals surface area (Å²) < 4.78 is 7.63. The molecule has 2 aliphatic rings. The predicted octanol–water partition coefficient (Wildman–Crippen LogP) is 4.38. The van der Waals surface area contributed by atoms with E-state index in [-0.39, 0.29) is 17.9 Å². The van der Waals surface area contributed by atoms with E-state index in [2.05, 4.69) is 51.7 Å². The number of likely N-dealkylation sites (tertiary alicyclic amines) is 2. The van der Waals surface area contributed by atoms with Crippen LogP contribution in [-0.2, 0) is 4.79 Å². The molecule has 3 aromatic rings. The molecule has 2 N–H and O–H groups in total. The number of carbonyl (C=O) groups is 1. The van der Waals surface area contributed by atoms with Crippen molar-refractivity contribution in [3.05, 3.63) is 47.9 Å². The average Bonchev–Trinajstić information content (AvgIpc) is 3.23. The molecule has 9 heteroatoms. The SMILES string of the molecule is C=CC(=O)N1CCC(N2CC(C#Cc3c(-c4ccc(Cl)c(OC)c4)c4c(N)ncnc4n3C(C)C)C2)CC1. The van der Waals surface area contributed by atoms with Gasteiger partial charge in [0.1, 0.15) is 29.2 Å². The van der Waals surface area contributed by atoms with Crippen LogP contribution in [0.4, 0.5) is 5.82 Å². The fraction of sp³-hybridized carbons (Fsp3) is 0.414. The number of carbonyl (C=O) groups excluding carboxylic acids is 1. The maximum Gasteiger partial charge on any atom is 0.245 e. The van der Waals surface area contributed by atoms with Gasteiger partial charge in [-0.1, -0.05) is 30.2 Å². The number of nitrogens with zero attached hydrogens (tertiary/aromatic N) is 5. The second kappa shape index (κ2) is 10.7. The van der Waals surface area contributed by atoms with E-state index in [0.717, 1.165) is 66.9 Å². The van der Waals surface area contributed by atoms with E-state index in [4.69, 9.17) is 22.1 Å². The van der Waals surface area contributed by atoms with Crippen LogP contribution in [0.15, 0.2) is 37.2 Å². The number of anilines is 1. The van der Waals surface area contributed by atoms with Gasteiger partial charge in [-0.3, -0.25) is 9.69 Å². The minimum atomic E-state index is 0.0239. The Labute approximate surface area is 228 Å². The monoisotopic (exact) mass is 532 g/mol. The van der Waals surface area contributed by atoms with Crippen LogP contribution in [0.3, 0.4) is 0 Å². The number of ether oxygens (including phenoxy) is 1. The summed E-state index contributed by atoms with van der Waals surface area (Å²) in [5, 5.41) is 1.32. The number of halogens is 1. The molecule has 1 aromatic carbocycles. The van der Waals surface area contributed by atoms with Gasteiger partial charge in [0.25, 0.3) is 0 Å². The van der Waals surface area contributed by atoms with Crippen LogP contribution in [0.2, 0.25) is 5.02 Å². The van der Waals surface area contributed by atoms with Crippen LogP contribution < -0.4 is 10.5 Å². The molecule has 2 saturated heterocycles. The van der Waals surface area contributed by atoms with Crippen molar-refractivity contribution in [3.63, 3.8) is 0 Å². The zero-order valence-electron chi connectivity index (χ0n) is 22.1. The largest absolute Gasteiger partial charge is 0.495 e. The highest BCUT2D eigenvalue weighted by Crippen LogP contribution is 2.40. The number of hydrogen-bond donors (Lipinski definition) is 1. The van der Waals surface area contributed by atoms with E-state index in [1.807, 2.05) is 23.1 Å². The van der Waals surface area contributed by atoms with E-state index in [1.54, 1.807) is 7.11 Å². The second-order valence-corrected chi connectivity index (χ2v) is 10.6. The number of nitrogen functional groups attached to an aromatic ring is 1. The first-order chi connectivity index (χ1) is 18.3. The molecule has 2 fully saturated rings. The Morgan fingerprint density at radius 3 is 2.66 bits per heavy atom. The lowest BCUT2D eigenvalue weighted by Crippen LogP contribution is -2.55. The van der Waals surface area contributed by atoms with Gasteiger partial charge in [-0.25, -0.2) is 9.97 Å². The minimum absolute atomic E-state index is 0.0239. The Morgan fingerprint density at radius 2 is 2.00 bits per heavy atom. The molecule has 0 spiro atoms. The molecule has 4 heterocycles. The second-order valence-electron chi connectivity index (χ2n) is 10.2. The third kappa shape index (κ3) is 4.72. The summed E-state index contributed by atoms with van der Waals surface area (Å²) in [6, 6.07) is 6.30. The quantitative estimate of drug-likeness (QED) is 0.387. The molecular weight excluding hydrogens is 500 g/mol. The van der Waals surface area contributed by atoms with Crippen molar-refractivity contribution in [2.24, 2.45) is 5.92 Å². The van der Waals surface area contributed by atoms with Crippen molar-refractivity contribution in [1.29, 1.82) is 0 Å². The summed E-state index contributed by atoms with van der Waals surface area (Å²) in [4.78, 5) is 25.1. The molecular formula is C29H33ClN6O2. The van der Waals surface area contributed by atoms with Crippen LogP contribution in [0, 0.1) is 17.8 Å². The van der Waals surface area contributed by atoms with E-state index in [9.17, 15) is 4.79 Å². The number of fused-ring (bicyclic) bond motifs is 1. The molecule has 38 heavy (non-hydrogen) atoms. The van der Waals surface area contributed by atoms with Gasteiger partial charge in [0.2, 0.25) is 5.91 Å². The normalized spacial score (nSPS) is 16.8. The van der Waals surface area contributed by atoms with Crippen molar-refractivity contribution in [3.8, 4) is 28.7 Å². The standard InChI is InChI=1S/C29H33ClN6O2/c1-5-25(37)34-12-10-21(11-13-34)35-15-19(16-35)6-9-23-26(20-7-8-22(30)24(14-20)38-4)27-28(31)32-17-33-29(27)36(23)18(2)3/h5,7-8,14,17-19,21H,1,10-13,15-16H2,2-4H3,(H2,31,32,33). The summed E-state index contributed by atoms with van der Waals surface area (Å²) in [5.41, 5.74) is 9.82. The van der Waals surface area contributed by atoms with Gasteiger partial charge in [-0.05, 0) is 56.4 Å². The molecule has 2 aliphatic heterocycles. The molecule has 8 nitrogen and oxygen atoms in total. The van der Waals surface area contributed by atoms with Gasteiger partial charge in [0, 0.05) is 49.7 Å². The van der Waals surface area contributed by atoms with Crippen LogP contribution in [0.5, 0.6) is 5.75 Å². The van der Waals surface area contributed by atoms with Gasteiger partial charge in [-0.2, -0.15) is 0 Å². The molecule has 0 radical (unpaired) electrons. The van der Waals surface area contributed by atoms with E-state index >= 15 is 0 Å². The molecule has 0 bridgehead atoms. The lowest BCUT2D eigenvalue weighted by molar-refractivity contribution is -0.127. The third-order valence-corrected chi connectivity index (χ3v) is 7.85. The maximum absolute atomic E-state index is 11.9. The molecule has 1 amide bonds. The van der Waals surface area contributed by atoms with Crippen molar-refractivity contribution < 1.29 is 9.53 Å². The number of aromatic nitrogens is 3. The molecule has 0 unspecified atom stereocenters. The van der Waals surface area contributed by atoms with Gasteiger partial charge in [0.05, 0.1) is 17.5 Å². The van der Waals surface area contributed by atoms with E-state index in [0.29, 0.717) is 22.6 Å². The minimum Gasteiger partial charge on any atom is -0.495 e. The number of rotatable bonds is 5. The van der Waals surface area contributed by atoms with Crippen molar-refractivity contribution in [1.82, 2.24) is 24.3 Å². The lowest BCUT2D eigenvalue weighted by Gasteiger charge is -2.45. The summed E-state index contributed by atoms with van der Waals surface area (Å²) in [6.07, 6.45) is 4.88. The Bertz CT molecular complexity index is 1440. The fourth-order valence-electron chi connectivity index (χ4n) is 5.53. The first-order valence-corrected chi connectivity index (χ1v) is 13.3. The highest BCUT2D eigenvalue weighted by molar-refractivity contribution is 6.32. The van der Waals surface area contributed by atoms with Gasteiger partial charge in [0.15, 0.2) is 0 Å². The first kappa shape index (κ1) is 26.1. The number of amides is 1. The van der Waals surface area contributed by atoms with Crippen LogP contribution in [0.25, 0.3) is 22.2 Å². The number of methoxy groups -OCH3 is 1. The Hall–Kier alpha value is -3.54. The fourth-order valence-corrected chi connectivity index (χ4v) is 5.73. The molecule has 5 rings (SSSR count). The van der Waals surface area contributed by atoms with Crippen LogP contribution in [-0.4, -0.2) is 69.6 Å². The summed E-state index contributed by atoms with van der Waals surface area (Å²) >= 11 is 6.33. The number of hydrogen-bond acceptors (Lipinski definition) is 6. The Kier molecular flexibility index (Phi) is 7.33. The van der Waals surface area contributed by atoms with E-state index < -0.39 is 0 Å². The highest BCUT2D eigenvalue weighted by Gasteiger charge is 2.34. The molecule has 0 saturated carbocycles. The summed E-state index contributed by atoms with van der Waals surface area (Å²) in [7, 11) is 1.60. The van der Waals surface area contributed by atoms with E-state index in [1.165, 1.54) is 12.4 Å². The molecule has 0 atom stereocenters. The van der Waals surface area contributed by atoms with Crippen molar-refractivity contribution in [2.75, 3.05) is 39.0 Å². The lowest BCUT2D eigenvalue weighted by atomic mass is 9.93. The van der Waals surface area contributed by atoms with Crippen molar-refractivity contribution in [2.45, 2.75) is 38.8 Å². The average molecular weight is 533 g/mol. The zero-order valence-corrected chi connectivity index (χ0v) is 22.8. The molecule has 198 valence electrons. The number of benzene rings is 1. The van der Waals surface area contributed by atoms with Gasteiger partial charge in [-0.15, -0.1) is 0 Å². The first-order valence-electron chi connectivity index (χ1n) is 13.0. The molecule has 0 aliphatic carbocycles. The van der Waals surface area contributed by atoms with Crippen molar-refractivity contribution >= 4 is 34.4 Å². The third-order valence-electron chi connectivity index (χ3n) is 7.54. The number of piperidine rings is 1. The van der Waals surface area contributed by atoms with Crippen LogP contribution in [0.1, 0.15) is 38.4 Å². The van der Waals surface area contributed by atoms with Crippen LogP contribution >= 0.6 is 11.6 Å². The number of nitrogens with two attached hydrogens (primary N) is 1. The summed E-state index contributed by atoms with van der Waals surface area (Å²) in [5.74, 6) is 8.34. The topological polar surface area (TPSA) is 89.5 Å².